The Balaban J connectivity index is 1.89. The molecule has 1 N–H and O–H groups in total. The fraction of sp³-hybridized carbons (Fsp3) is 0.467. The summed E-state index contributed by atoms with van der Waals surface area (Å²) in [5.74, 6) is -0.175. The van der Waals surface area contributed by atoms with Crippen molar-refractivity contribution in [2.24, 2.45) is 0 Å². The Morgan fingerprint density at radius 3 is 2.15 bits per heavy atom. The number of aliphatic hydroxyl groups excluding tert-OH is 1. The first-order valence-electron chi connectivity index (χ1n) is 6.82. The maximum absolute atomic E-state index is 12.2. The molecule has 0 aliphatic carbocycles. The Hall–Kier alpha value is -1.88. The van der Waals surface area contributed by atoms with Crippen LogP contribution in [0.25, 0.3) is 0 Å². The lowest BCUT2D eigenvalue weighted by Gasteiger charge is -2.34. The van der Waals surface area contributed by atoms with Gasteiger partial charge in [0.25, 0.3) is 0 Å². The van der Waals surface area contributed by atoms with Crippen molar-refractivity contribution < 1.29 is 14.7 Å². The van der Waals surface area contributed by atoms with Crippen LogP contribution in [0.15, 0.2) is 24.3 Å². The Labute approximate surface area is 118 Å². The van der Waals surface area contributed by atoms with Gasteiger partial charge in [0.1, 0.15) is 6.61 Å². The standard InChI is InChI=1S/C15H20N2O3/c1-12-4-2-3-5-13(12)10-14(19)16-6-8-17(9-7-16)15(20)11-18/h2-5,18H,6-11H2,1H3. The predicted molar refractivity (Wildman–Crippen MR) is 75.1 cm³/mol. The largest absolute Gasteiger partial charge is 0.387 e. The molecule has 0 saturated carbocycles. The molecule has 1 aliphatic heterocycles. The van der Waals surface area contributed by atoms with Gasteiger partial charge in [-0.25, -0.2) is 0 Å². The summed E-state index contributed by atoms with van der Waals surface area (Å²) in [7, 11) is 0. The summed E-state index contributed by atoms with van der Waals surface area (Å²) in [6.07, 6.45) is 0.403. The number of carbonyl (C=O) groups excluding carboxylic acids is 2. The SMILES string of the molecule is Cc1ccccc1CC(=O)N1CCN(C(=O)CO)CC1. The third kappa shape index (κ3) is 3.36. The van der Waals surface area contributed by atoms with E-state index in [9.17, 15) is 9.59 Å². The lowest BCUT2D eigenvalue weighted by Crippen LogP contribution is -2.51. The fourth-order valence-corrected chi connectivity index (χ4v) is 2.39. The Kier molecular flexibility index (Phi) is 4.74. The van der Waals surface area contributed by atoms with Gasteiger partial charge in [-0.15, -0.1) is 0 Å². The van der Waals surface area contributed by atoms with Crippen LogP contribution in [0.3, 0.4) is 0 Å². The summed E-state index contributed by atoms with van der Waals surface area (Å²) in [6.45, 7) is 3.61. The first-order valence-corrected chi connectivity index (χ1v) is 6.82. The molecule has 0 spiro atoms. The molecular weight excluding hydrogens is 256 g/mol. The molecule has 1 aromatic carbocycles. The molecule has 2 rings (SSSR count). The molecule has 0 radical (unpaired) electrons. The van der Waals surface area contributed by atoms with Crippen molar-refractivity contribution in [1.29, 1.82) is 0 Å². The Morgan fingerprint density at radius 1 is 1.05 bits per heavy atom. The van der Waals surface area contributed by atoms with Gasteiger partial charge >= 0.3 is 0 Å². The molecule has 1 saturated heterocycles. The highest BCUT2D eigenvalue weighted by atomic mass is 16.3. The van der Waals surface area contributed by atoms with Crippen molar-refractivity contribution in [3.05, 3.63) is 35.4 Å². The summed E-state index contributed by atoms with van der Waals surface area (Å²) < 4.78 is 0. The van der Waals surface area contributed by atoms with Crippen molar-refractivity contribution in [3.8, 4) is 0 Å². The fourth-order valence-electron chi connectivity index (χ4n) is 2.39. The summed E-state index contributed by atoms with van der Waals surface area (Å²) in [6, 6.07) is 7.87. The number of benzene rings is 1. The lowest BCUT2D eigenvalue weighted by molar-refractivity contribution is -0.140. The Morgan fingerprint density at radius 2 is 1.60 bits per heavy atom. The van der Waals surface area contributed by atoms with Crippen LogP contribution in [0, 0.1) is 6.92 Å². The number of nitrogens with zero attached hydrogens (tertiary/aromatic N) is 2. The van der Waals surface area contributed by atoms with Crippen LogP contribution < -0.4 is 0 Å². The maximum atomic E-state index is 12.2. The minimum atomic E-state index is -0.461. The van der Waals surface area contributed by atoms with E-state index in [2.05, 4.69) is 0 Å². The van der Waals surface area contributed by atoms with E-state index >= 15 is 0 Å². The molecule has 2 amide bonds. The van der Waals surface area contributed by atoms with Crippen molar-refractivity contribution in [2.75, 3.05) is 32.8 Å². The van der Waals surface area contributed by atoms with E-state index in [1.165, 1.54) is 0 Å². The van der Waals surface area contributed by atoms with E-state index in [0.29, 0.717) is 32.6 Å². The van der Waals surface area contributed by atoms with Crippen molar-refractivity contribution in [2.45, 2.75) is 13.3 Å². The second-order valence-corrected chi connectivity index (χ2v) is 5.02. The molecule has 5 nitrogen and oxygen atoms in total. The van der Waals surface area contributed by atoms with Crippen LogP contribution in [0.4, 0.5) is 0 Å². The summed E-state index contributed by atoms with van der Waals surface area (Å²) in [4.78, 5) is 27.0. The van der Waals surface area contributed by atoms with Gasteiger partial charge in [-0.1, -0.05) is 24.3 Å². The lowest BCUT2D eigenvalue weighted by atomic mass is 10.1. The minimum Gasteiger partial charge on any atom is -0.387 e. The quantitative estimate of drug-likeness (QED) is 0.858. The molecule has 0 unspecified atom stereocenters. The molecule has 1 aromatic rings. The van der Waals surface area contributed by atoms with Crippen LogP contribution in [-0.2, 0) is 16.0 Å². The molecule has 0 atom stereocenters. The number of amides is 2. The number of rotatable bonds is 3. The minimum absolute atomic E-state index is 0.0930. The average molecular weight is 276 g/mol. The van der Waals surface area contributed by atoms with E-state index in [1.807, 2.05) is 31.2 Å². The monoisotopic (exact) mass is 276 g/mol. The molecular formula is C15H20N2O3. The molecule has 0 bridgehead atoms. The zero-order chi connectivity index (χ0) is 14.5. The number of hydrogen-bond donors (Lipinski definition) is 1. The van der Waals surface area contributed by atoms with Crippen LogP contribution >= 0.6 is 0 Å². The Bertz CT molecular complexity index is 494. The van der Waals surface area contributed by atoms with Crippen molar-refractivity contribution in [3.63, 3.8) is 0 Å². The van der Waals surface area contributed by atoms with Crippen molar-refractivity contribution >= 4 is 11.8 Å². The van der Waals surface area contributed by atoms with Crippen LogP contribution in [0.5, 0.6) is 0 Å². The van der Waals surface area contributed by atoms with Gasteiger partial charge in [-0.3, -0.25) is 9.59 Å². The van der Waals surface area contributed by atoms with E-state index in [1.54, 1.807) is 9.80 Å². The molecule has 1 fully saturated rings. The van der Waals surface area contributed by atoms with E-state index in [4.69, 9.17) is 5.11 Å². The maximum Gasteiger partial charge on any atom is 0.248 e. The molecule has 108 valence electrons. The van der Waals surface area contributed by atoms with Crippen molar-refractivity contribution in [1.82, 2.24) is 9.80 Å². The van der Waals surface area contributed by atoms with E-state index in [-0.39, 0.29) is 11.8 Å². The number of hydrogen-bond acceptors (Lipinski definition) is 3. The predicted octanol–water partition coefficient (Wildman–Crippen LogP) is 0.201. The number of aryl methyl sites for hydroxylation is 1. The van der Waals surface area contributed by atoms with Gasteiger partial charge in [0.2, 0.25) is 11.8 Å². The molecule has 20 heavy (non-hydrogen) atoms. The molecule has 1 aliphatic rings. The highest BCUT2D eigenvalue weighted by molar-refractivity contribution is 5.80. The third-order valence-electron chi connectivity index (χ3n) is 3.72. The molecule has 5 heteroatoms. The van der Waals surface area contributed by atoms with Crippen LogP contribution in [0.2, 0.25) is 0 Å². The van der Waals surface area contributed by atoms with Gasteiger partial charge in [-0.2, -0.15) is 0 Å². The summed E-state index contributed by atoms with van der Waals surface area (Å²) in [5.41, 5.74) is 2.17. The zero-order valence-corrected chi connectivity index (χ0v) is 11.7. The van der Waals surface area contributed by atoms with E-state index in [0.717, 1.165) is 11.1 Å². The number of piperazine rings is 1. The van der Waals surface area contributed by atoms with Gasteiger partial charge in [0.05, 0.1) is 6.42 Å². The highest BCUT2D eigenvalue weighted by Crippen LogP contribution is 2.11. The van der Waals surface area contributed by atoms with Gasteiger partial charge in [0.15, 0.2) is 0 Å². The summed E-state index contributed by atoms with van der Waals surface area (Å²) in [5, 5.41) is 8.82. The number of aliphatic hydroxyl groups is 1. The van der Waals surface area contributed by atoms with Gasteiger partial charge in [-0.05, 0) is 18.1 Å². The second-order valence-electron chi connectivity index (χ2n) is 5.02. The first kappa shape index (κ1) is 14.5. The smallest absolute Gasteiger partial charge is 0.248 e. The highest BCUT2D eigenvalue weighted by Gasteiger charge is 2.23. The molecule has 0 aromatic heterocycles. The normalized spacial score (nSPS) is 15.3. The second kappa shape index (κ2) is 6.52. The average Bonchev–Trinajstić information content (AvgIpc) is 2.49. The van der Waals surface area contributed by atoms with Crippen LogP contribution in [-0.4, -0.2) is 59.5 Å². The summed E-state index contributed by atoms with van der Waals surface area (Å²) >= 11 is 0. The van der Waals surface area contributed by atoms with Crippen LogP contribution in [0.1, 0.15) is 11.1 Å². The third-order valence-corrected chi connectivity index (χ3v) is 3.72. The van der Waals surface area contributed by atoms with Gasteiger partial charge < -0.3 is 14.9 Å². The molecule has 1 heterocycles. The first-order chi connectivity index (χ1) is 9.61. The van der Waals surface area contributed by atoms with Gasteiger partial charge in [0, 0.05) is 26.2 Å². The zero-order valence-electron chi connectivity index (χ0n) is 11.7. The van der Waals surface area contributed by atoms with E-state index < -0.39 is 6.61 Å². The number of carbonyl (C=O) groups is 2. The topological polar surface area (TPSA) is 60.9 Å².